The average Bonchev–Trinajstić information content (AvgIpc) is 2.07. The monoisotopic (exact) mass is 244 g/mol. The molecule has 0 rings (SSSR count). The summed E-state index contributed by atoms with van der Waals surface area (Å²) < 4.78 is 35.1. The van der Waals surface area contributed by atoms with E-state index in [2.05, 4.69) is 0 Å². The van der Waals surface area contributed by atoms with Crippen molar-refractivity contribution in [3.05, 3.63) is 0 Å². The molecule has 1 N–H and O–H groups in total. The smallest absolute Gasteiger partial charge is 0.389 e. The highest BCUT2D eigenvalue weighted by molar-refractivity contribution is 7.99. The second kappa shape index (κ2) is 7.84. The van der Waals surface area contributed by atoms with Crippen LogP contribution in [-0.4, -0.2) is 28.8 Å². The molecule has 0 atom stereocenters. The van der Waals surface area contributed by atoms with Crippen LogP contribution < -0.4 is 0 Å². The van der Waals surface area contributed by atoms with E-state index >= 15 is 0 Å². The van der Waals surface area contributed by atoms with E-state index in [9.17, 15) is 18.0 Å². The molecular formula is C9H15F3O2S. The lowest BCUT2D eigenvalue weighted by atomic mass is 10.1. The third-order valence-electron chi connectivity index (χ3n) is 1.72. The van der Waals surface area contributed by atoms with E-state index in [1.165, 1.54) is 11.8 Å². The van der Waals surface area contributed by atoms with Crippen LogP contribution in [0, 0.1) is 0 Å². The topological polar surface area (TPSA) is 37.3 Å². The predicted molar refractivity (Wildman–Crippen MR) is 54.1 cm³/mol. The van der Waals surface area contributed by atoms with Crippen LogP contribution in [-0.2, 0) is 4.79 Å². The van der Waals surface area contributed by atoms with Gasteiger partial charge in [0, 0.05) is 6.42 Å². The highest BCUT2D eigenvalue weighted by Crippen LogP contribution is 2.23. The quantitative estimate of drug-likeness (QED) is 0.665. The summed E-state index contributed by atoms with van der Waals surface area (Å²) in [6.45, 7) is 0. The van der Waals surface area contributed by atoms with Crippen LogP contribution in [0.1, 0.15) is 32.1 Å². The first-order chi connectivity index (χ1) is 6.92. The van der Waals surface area contributed by atoms with Crippen LogP contribution in [0.4, 0.5) is 13.2 Å². The van der Waals surface area contributed by atoms with Crippen LogP contribution in [0.25, 0.3) is 0 Å². The van der Waals surface area contributed by atoms with Crippen molar-refractivity contribution in [1.29, 1.82) is 0 Å². The molecule has 90 valence electrons. The standard InChI is InChI=1S/C9H15F3O2S/c10-9(11,12)5-3-1-2-4-6-15-7-8(13)14/h1-7H2,(H,13,14). The Bertz CT molecular complexity index is 183. The maximum absolute atomic E-state index is 11.7. The van der Waals surface area contributed by atoms with Crippen molar-refractivity contribution in [2.45, 2.75) is 38.3 Å². The van der Waals surface area contributed by atoms with Crippen LogP contribution >= 0.6 is 11.8 Å². The normalized spacial score (nSPS) is 11.7. The summed E-state index contributed by atoms with van der Waals surface area (Å²) in [6.07, 6.45) is -2.49. The lowest BCUT2D eigenvalue weighted by Gasteiger charge is -2.05. The number of hydrogen-bond acceptors (Lipinski definition) is 2. The van der Waals surface area contributed by atoms with Crippen LogP contribution in [0.2, 0.25) is 0 Å². The molecule has 0 unspecified atom stereocenters. The van der Waals surface area contributed by atoms with Crippen LogP contribution in [0.3, 0.4) is 0 Å². The van der Waals surface area contributed by atoms with Gasteiger partial charge in [-0.3, -0.25) is 4.79 Å². The third-order valence-corrected chi connectivity index (χ3v) is 2.75. The van der Waals surface area contributed by atoms with Crippen molar-refractivity contribution < 1.29 is 23.1 Å². The number of carboxylic acid groups (broad SMARTS) is 1. The first kappa shape index (κ1) is 14.6. The first-order valence-corrected chi connectivity index (χ1v) is 5.93. The number of carbonyl (C=O) groups is 1. The molecule has 0 amide bonds. The molecule has 0 fully saturated rings. The Morgan fingerprint density at radius 3 is 2.27 bits per heavy atom. The Hall–Kier alpha value is -0.390. The number of carboxylic acids is 1. The van der Waals surface area contributed by atoms with Gasteiger partial charge in [-0.15, -0.1) is 0 Å². The van der Waals surface area contributed by atoms with E-state index < -0.39 is 18.6 Å². The van der Waals surface area contributed by atoms with Gasteiger partial charge in [0.05, 0.1) is 5.75 Å². The first-order valence-electron chi connectivity index (χ1n) is 4.78. The van der Waals surface area contributed by atoms with Gasteiger partial charge in [0.2, 0.25) is 0 Å². The van der Waals surface area contributed by atoms with Crippen LogP contribution in [0.5, 0.6) is 0 Å². The SMILES string of the molecule is O=C(O)CSCCCCCCC(F)(F)F. The van der Waals surface area contributed by atoms with E-state index in [1.807, 2.05) is 0 Å². The zero-order valence-electron chi connectivity index (χ0n) is 8.35. The van der Waals surface area contributed by atoms with Gasteiger partial charge in [-0.1, -0.05) is 12.8 Å². The number of halogens is 3. The molecule has 0 saturated carbocycles. The Morgan fingerprint density at radius 1 is 1.13 bits per heavy atom. The van der Waals surface area contributed by atoms with Gasteiger partial charge in [0.25, 0.3) is 0 Å². The van der Waals surface area contributed by atoms with Crippen molar-refractivity contribution in [1.82, 2.24) is 0 Å². The van der Waals surface area contributed by atoms with Crippen molar-refractivity contribution >= 4 is 17.7 Å². The Kier molecular flexibility index (Phi) is 7.64. The molecule has 0 aromatic heterocycles. The van der Waals surface area contributed by atoms with Crippen LogP contribution in [0.15, 0.2) is 0 Å². The van der Waals surface area contributed by atoms with Gasteiger partial charge >= 0.3 is 12.1 Å². The van der Waals surface area contributed by atoms with Crippen molar-refractivity contribution in [3.63, 3.8) is 0 Å². The second-order valence-electron chi connectivity index (χ2n) is 3.23. The van der Waals surface area contributed by atoms with E-state index in [0.29, 0.717) is 12.2 Å². The fourth-order valence-corrected chi connectivity index (χ4v) is 1.77. The number of alkyl halides is 3. The zero-order chi connectivity index (χ0) is 11.7. The molecule has 0 heterocycles. The minimum absolute atomic E-state index is 0.0720. The summed E-state index contributed by atoms with van der Waals surface area (Å²) in [6, 6.07) is 0. The minimum Gasteiger partial charge on any atom is -0.481 e. The van der Waals surface area contributed by atoms with E-state index in [-0.39, 0.29) is 12.2 Å². The molecular weight excluding hydrogens is 229 g/mol. The number of rotatable bonds is 8. The fraction of sp³-hybridized carbons (Fsp3) is 0.889. The maximum Gasteiger partial charge on any atom is 0.389 e. The lowest BCUT2D eigenvalue weighted by molar-refractivity contribution is -0.136. The molecule has 6 heteroatoms. The largest absolute Gasteiger partial charge is 0.481 e. The van der Waals surface area contributed by atoms with E-state index in [4.69, 9.17) is 5.11 Å². The molecule has 0 bridgehead atoms. The summed E-state index contributed by atoms with van der Waals surface area (Å²) >= 11 is 1.30. The third kappa shape index (κ3) is 13.6. The van der Waals surface area contributed by atoms with Gasteiger partial charge < -0.3 is 5.11 Å². The molecule has 15 heavy (non-hydrogen) atoms. The Labute approximate surface area is 91.2 Å². The molecule has 0 aromatic carbocycles. The summed E-state index contributed by atoms with van der Waals surface area (Å²) in [5, 5.41) is 8.30. The van der Waals surface area contributed by atoms with E-state index in [0.717, 1.165) is 12.8 Å². The van der Waals surface area contributed by atoms with Crippen molar-refractivity contribution in [3.8, 4) is 0 Å². The van der Waals surface area contributed by atoms with Gasteiger partial charge in [0.1, 0.15) is 0 Å². The summed E-state index contributed by atoms with van der Waals surface area (Å²) in [7, 11) is 0. The summed E-state index contributed by atoms with van der Waals surface area (Å²) in [5.41, 5.74) is 0. The minimum atomic E-state index is -4.04. The van der Waals surface area contributed by atoms with Gasteiger partial charge in [-0.05, 0) is 18.6 Å². The van der Waals surface area contributed by atoms with E-state index in [1.54, 1.807) is 0 Å². The Balaban J connectivity index is 3.09. The van der Waals surface area contributed by atoms with Crippen molar-refractivity contribution in [2.75, 3.05) is 11.5 Å². The van der Waals surface area contributed by atoms with Gasteiger partial charge in [0.15, 0.2) is 0 Å². The molecule has 2 nitrogen and oxygen atoms in total. The predicted octanol–water partition coefficient (Wildman–Crippen LogP) is 3.32. The van der Waals surface area contributed by atoms with Gasteiger partial charge in [-0.25, -0.2) is 0 Å². The lowest BCUT2D eigenvalue weighted by Crippen LogP contribution is -2.06. The maximum atomic E-state index is 11.7. The molecule has 0 saturated heterocycles. The van der Waals surface area contributed by atoms with Gasteiger partial charge in [-0.2, -0.15) is 24.9 Å². The molecule has 0 aromatic rings. The van der Waals surface area contributed by atoms with Crippen molar-refractivity contribution in [2.24, 2.45) is 0 Å². The average molecular weight is 244 g/mol. The molecule has 0 radical (unpaired) electrons. The Morgan fingerprint density at radius 2 is 1.73 bits per heavy atom. The molecule has 0 aliphatic heterocycles. The second-order valence-corrected chi connectivity index (χ2v) is 4.33. The summed E-state index contributed by atoms with van der Waals surface area (Å²) in [5.74, 6) is -0.0713. The zero-order valence-corrected chi connectivity index (χ0v) is 9.16. The summed E-state index contributed by atoms with van der Waals surface area (Å²) in [4.78, 5) is 10.1. The highest BCUT2D eigenvalue weighted by Gasteiger charge is 2.25. The molecule has 0 aliphatic carbocycles. The molecule has 0 aliphatic rings. The number of thioether (sulfide) groups is 1. The number of hydrogen-bond donors (Lipinski definition) is 1. The number of aliphatic carboxylic acids is 1. The molecule has 0 spiro atoms. The highest BCUT2D eigenvalue weighted by atomic mass is 32.2. The fourth-order valence-electron chi connectivity index (χ4n) is 1.04. The number of unbranched alkanes of at least 4 members (excludes halogenated alkanes) is 3.